The summed E-state index contributed by atoms with van der Waals surface area (Å²) in [6, 6.07) is 14.8. The predicted molar refractivity (Wildman–Crippen MR) is 116 cm³/mol. The Kier molecular flexibility index (Phi) is 6.21. The van der Waals surface area contributed by atoms with E-state index < -0.39 is 6.04 Å². The van der Waals surface area contributed by atoms with Gasteiger partial charge in [0.05, 0.1) is 23.5 Å². The SMILES string of the molecule is COc1ccc(-c2csc(N(c3ccccc3Cl)C(C)C(=O)N(C)C)n2)cc1. The standard InChI is InChI=1S/C21H22ClN3O2S/c1-14(20(26)24(2)3)25(19-8-6-5-7-17(19)22)21-23-18(13-28-21)15-9-11-16(27-4)12-10-15/h5-14H,1-4H3. The summed E-state index contributed by atoms with van der Waals surface area (Å²) in [4.78, 5) is 21.0. The van der Waals surface area contributed by atoms with Crippen molar-refractivity contribution in [2.24, 2.45) is 0 Å². The number of likely N-dealkylation sites (N-methyl/N-ethyl adjacent to an activating group) is 1. The molecule has 2 aromatic carbocycles. The zero-order valence-corrected chi connectivity index (χ0v) is 17.8. The number of anilines is 2. The third-order valence-electron chi connectivity index (χ3n) is 4.38. The van der Waals surface area contributed by atoms with Crippen LogP contribution >= 0.6 is 22.9 Å². The van der Waals surface area contributed by atoms with Crippen molar-refractivity contribution in [1.82, 2.24) is 9.88 Å². The highest BCUT2D eigenvalue weighted by Gasteiger charge is 2.28. The summed E-state index contributed by atoms with van der Waals surface area (Å²) in [5, 5.41) is 3.26. The van der Waals surface area contributed by atoms with E-state index in [4.69, 9.17) is 21.3 Å². The normalized spacial score (nSPS) is 11.8. The van der Waals surface area contributed by atoms with Crippen molar-refractivity contribution in [2.75, 3.05) is 26.1 Å². The molecule has 1 amide bonds. The lowest BCUT2D eigenvalue weighted by Gasteiger charge is -2.30. The predicted octanol–water partition coefficient (Wildman–Crippen LogP) is 5.09. The number of hydrogen-bond acceptors (Lipinski definition) is 5. The van der Waals surface area contributed by atoms with Gasteiger partial charge in [0.15, 0.2) is 5.13 Å². The van der Waals surface area contributed by atoms with Gasteiger partial charge in [-0.15, -0.1) is 11.3 Å². The smallest absolute Gasteiger partial charge is 0.244 e. The first-order valence-corrected chi connectivity index (χ1v) is 10.0. The van der Waals surface area contributed by atoms with Gasteiger partial charge in [0, 0.05) is 25.0 Å². The molecule has 1 heterocycles. The lowest BCUT2D eigenvalue weighted by molar-refractivity contribution is -0.129. The highest BCUT2D eigenvalue weighted by Crippen LogP contribution is 2.37. The molecule has 0 bridgehead atoms. The molecule has 0 N–H and O–H groups in total. The number of nitrogens with zero attached hydrogens (tertiary/aromatic N) is 3. The molecule has 1 atom stereocenters. The average molecular weight is 416 g/mol. The molecule has 0 saturated carbocycles. The van der Waals surface area contributed by atoms with E-state index in [0.717, 1.165) is 22.7 Å². The molecule has 0 fully saturated rings. The molecule has 0 radical (unpaired) electrons. The van der Waals surface area contributed by atoms with Crippen LogP contribution in [-0.2, 0) is 4.79 Å². The Labute approximate surface area is 174 Å². The molecule has 0 aliphatic heterocycles. The third kappa shape index (κ3) is 4.13. The second kappa shape index (κ2) is 8.63. The van der Waals surface area contributed by atoms with Crippen molar-refractivity contribution >= 4 is 39.7 Å². The number of halogens is 1. The molecular weight excluding hydrogens is 394 g/mol. The number of para-hydroxylation sites is 1. The third-order valence-corrected chi connectivity index (χ3v) is 5.54. The molecule has 1 unspecified atom stereocenters. The first-order chi connectivity index (χ1) is 13.4. The van der Waals surface area contributed by atoms with Gasteiger partial charge in [-0.3, -0.25) is 4.79 Å². The van der Waals surface area contributed by atoms with Gasteiger partial charge in [-0.2, -0.15) is 0 Å². The van der Waals surface area contributed by atoms with Crippen LogP contribution in [0.1, 0.15) is 6.92 Å². The van der Waals surface area contributed by atoms with E-state index in [-0.39, 0.29) is 5.91 Å². The van der Waals surface area contributed by atoms with E-state index in [1.54, 1.807) is 26.1 Å². The second-order valence-electron chi connectivity index (χ2n) is 6.47. The Hall–Kier alpha value is -2.57. The zero-order valence-electron chi connectivity index (χ0n) is 16.2. The summed E-state index contributed by atoms with van der Waals surface area (Å²) in [6.07, 6.45) is 0. The van der Waals surface area contributed by atoms with E-state index in [9.17, 15) is 4.79 Å². The highest BCUT2D eigenvalue weighted by atomic mass is 35.5. The summed E-state index contributed by atoms with van der Waals surface area (Å²) >= 11 is 7.93. The summed E-state index contributed by atoms with van der Waals surface area (Å²) < 4.78 is 5.22. The van der Waals surface area contributed by atoms with Crippen LogP contribution in [0.5, 0.6) is 5.75 Å². The van der Waals surface area contributed by atoms with E-state index in [1.165, 1.54) is 11.3 Å². The van der Waals surface area contributed by atoms with Gasteiger partial charge in [-0.05, 0) is 43.3 Å². The lowest BCUT2D eigenvalue weighted by Crippen LogP contribution is -2.42. The number of ether oxygens (including phenoxy) is 1. The van der Waals surface area contributed by atoms with E-state index in [2.05, 4.69) is 0 Å². The van der Waals surface area contributed by atoms with E-state index >= 15 is 0 Å². The molecule has 0 spiro atoms. The van der Waals surface area contributed by atoms with Crippen LogP contribution in [-0.4, -0.2) is 43.0 Å². The van der Waals surface area contributed by atoms with Crippen LogP contribution in [0.2, 0.25) is 5.02 Å². The van der Waals surface area contributed by atoms with Gasteiger partial charge in [0.2, 0.25) is 5.91 Å². The topological polar surface area (TPSA) is 45.7 Å². The van der Waals surface area contributed by atoms with Gasteiger partial charge in [0.25, 0.3) is 0 Å². The maximum atomic E-state index is 12.7. The molecule has 3 aromatic rings. The molecule has 0 aliphatic rings. The summed E-state index contributed by atoms with van der Waals surface area (Å²) in [5.41, 5.74) is 2.57. The zero-order chi connectivity index (χ0) is 20.3. The van der Waals surface area contributed by atoms with Crippen molar-refractivity contribution in [3.05, 3.63) is 58.9 Å². The Morgan fingerprint density at radius 2 is 1.82 bits per heavy atom. The van der Waals surface area contributed by atoms with Crippen LogP contribution in [0.25, 0.3) is 11.3 Å². The van der Waals surface area contributed by atoms with E-state index in [0.29, 0.717) is 10.2 Å². The number of hydrogen-bond donors (Lipinski definition) is 0. The van der Waals surface area contributed by atoms with Crippen LogP contribution < -0.4 is 9.64 Å². The number of thiazole rings is 1. The first-order valence-electron chi connectivity index (χ1n) is 8.77. The van der Waals surface area contributed by atoms with Crippen molar-refractivity contribution in [2.45, 2.75) is 13.0 Å². The van der Waals surface area contributed by atoms with Crippen molar-refractivity contribution in [3.8, 4) is 17.0 Å². The number of aromatic nitrogens is 1. The Balaban J connectivity index is 2.02. The van der Waals surface area contributed by atoms with Crippen LogP contribution in [0.15, 0.2) is 53.9 Å². The maximum Gasteiger partial charge on any atom is 0.244 e. The molecule has 0 saturated heterocycles. The summed E-state index contributed by atoms with van der Waals surface area (Å²) in [5.74, 6) is 0.767. The van der Waals surface area contributed by atoms with E-state index in [1.807, 2.05) is 65.7 Å². The molecule has 0 aliphatic carbocycles. The molecule has 1 aromatic heterocycles. The lowest BCUT2D eigenvalue weighted by atomic mass is 10.2. The molecule has 7 heteroatoms. The second-order valence-corrected chi connectivity index (χ2v) is 7.72. The number of amides is 1. The molecule has 28 heavy (non-hydrogen) atoms. The Morgan fingerprint density at radius 1 is 1.14 bits per heavy atom. The fourth-order valence-corrected chi connectivity index (χ4v) is 4.03. The number of carbonyl (C=O) groups is 1. The van der Waals surface area contributed by atoms with Gasteiger partial charge in [0.1, 0.15) is 11.8 Å². The first kappa shape index (κ1) is 20.2. The Bertz CT molecular complexity index is 956. The van der Waals surface area contributed by atoms with Crippen LogP contribution in [0.3, 0.4) is 0 Å². The minimum absolute atomic E-state index is 0.0267. The molecule has 146 valence electrons. The fourth-order valence-electron chi connectivity index (χ4n) is 2.88. The van der Waals surface area contributed by atoms with Gasteiger partial charge < -0.3 is 14.5 Å². The Morgan fingerprint density at radius 3 is 2.43 bits per heavy atom. The fraction of sp³-hybridized carbons (Fsp3) is 0.238. The molecular formula is C21H22ClN3O2S. The largest absolute Gasteiger partial charge is 0.497 e. The van der Waals surface area contributed by atoms with Crippen molar-refractivity contribution in [1.29, 1.82) is 0 Å². The van der Waals surface area contributed by atoms with Crippen molar-refractivity contribution < 1.29 is 9.53 Å². The van der Waals surface area contributed by atoms with Gasteiger partial charge in [-0.1, -0.05) is 23.7 Å². The number of carbonyl (C=O) groups excluding carboxylic acids is 1. The average Bonchev–Trinajstić information content (AvgIpc) is 3.18. The number of benzene rings is 2. The summed E-state index contributed by atoms with van der Waals surface area (Å²) in [7, 11) is 5.13. The quantitative estimate of drug-likeness (QED) is 0.562. The molecule has 5 nitrogen and oxygen atoms in total. The van der Waals surface area contributed by atoms with Crippen LogP contribution in [0.4, 0.5) is 10.8 Å². The monoisotopic (exact) mass is 415 g/mol. The minimum atomic E-state index is -0.454. The number of methoxy groups -OCH3 is 1. The maximum absolute atomic E-state index is 12.7. The van der Waals surface area contributed by atoms with Crippen molar-refractivity contribution in [3.63, 3.8) is 0 Å². The van der Waals surface area contributed by atoms with Gasteiger partial charge >= 0.3 is 0 Å². The van der Waals surface area contributed by atoms with Crippen LogP contribution in [0, 0.1) is 0 Å². The summed E-state index contributed by atoms with van der Waals surface area (Å²) in [6.45, 7) is 1.86. The van der Waals surface area contributed by atoms with Gasteiger partial charge in [-0.25, -0.2) is 4.98 Å². The number of rotatable bonds is 6. The highest BCUT2D eigenvalue weighted by molar-refractivity contribution is 7.14. The minimum Gasteiger partial charge on any atom is -0.497 e. The molecule has 3 rings (SSSR count).